The van der Waals surface area contributed by atoms with Crippen LogP contribution in [0.4, 0.5) is 0 Å². The van der Waals surface area contributed by atoms with Crippen LogP contribution in [0.3, 0.4) is 0 Å². The van der Waals surface area contributed by atoms with Gasteiger partial charge in [-0.2, -0.15) is 8.42 Å². The summed E-state index contributed by atoms with van der Waals surface area (Å²) in [5.74, 6) is -0.0650. The second kappa shape index (κ2) is 8.13. The molecule has 14 heavy (non-hydrogen) atoms. The van der Waals surface area contributed by atoms with Gasteiger partial charge in [0.1, 0.15) is 6.61 Å². The Bertz CT molecular complexity index is 212. The summed E-state index contributed by atoms with van der Waals surface area (Å²) in [6.07, 6.45) is 0.479. The van der Waals surface area contributed by atoms with Gasteiger partial charge in [-0.15, -0.1) is 4.33 Å². The van der Waals surface area contributed by atoms with E-state index in [1.165, 1.54) is 0 Å². The molecule has 0 saturated carbocycles. The van der Waals surface area contributed by atoms with E-state index in [1.807, 2.05) is 0 Å². The maximum Gasteiger partial charge on any atom is 0.293 e. The van der Waals surface area contributed by atoms with Crippen LogP contribution in [0.5, 0.6) is 0 Å². The molecule has 7 heteroatoms. The van der Waals surface area contributed by atoms with E-state index in [9.17, 15) is 8.42 Å². The van der Waals surface area contributed by atoms with Crippen LogP contribution in [0.2, 0.25) is 0 Å². The molecule has 0 saturated heterocycles. The van der Waals surface area contributed by atoms with Crippen LogP contribution < -0.4 is 0 Å². The van der Waals surface area contributed by atoms with Gasteiger partial charge in [0, 0.05) is 0 Å². The first-order chi connectivity index (χ1) is 6.62. The molecule has 1 N–H and O–H groups in total. The Kier molecular flexibility index (Phi) is 8.01. The zero-order valence-corrected chi connectivity index (χ0v) is 8.96. The van der Waals surface area contributed by atoms with Crippen molar-refractivity contribution in [2.45, 2.75) is 13.3 Å². The van der Waals surface area contributed by atoms with Crippen molar-refractivity contribution in [3.63, 3.8) is 0 Å². The van der Waals surface area contributed by atoms with E-state index in [0.717, 1.165) is 0 Å². The van der Waals surface area contributed by atoms with Gasteiger partial charge in [0.25, 0.3) is 10.1 Å². The minimum Gasteiger partial charge on any atom is -0.394 e. The van der Waals surface area contributed by atoms with Gasteiger partial charge in [-0.1, -0.05) is 6.92 Å². The molecule has 0 aliphatic carbocycles. The molecule has 0 rings (SSSR count). The van der Waals surface area contributed by atoms with Crippen molar-refractivity contribution in [1.82, 2.24) is 0 Å². The molecule has 0 aromatic heterocycles. The largest absolute Gasteiger partial charge is 0.394 e. The monoisotopic (exact) mass is 228 g/mol. The Morgan fingerprint density at radius 3 is 2.50 bits per heavy atom. The van der Waals surface area contributed by atoms with Crippen molar-refractivity contribution in [1.29, 1.82) is 0 Å². The third-order valence-corrected chi connectivity index (χ3v) is 2.36. The minimum absolute atomic E-state index is 0.0168. The molecule has 0 fully saturated rings. The number of hydrogen-bond acceptors (Lipinski definition) is 6. The second-order valence-electron chi connectivity index (χ2n) is 2.49. The summed E-state index contributed by atoms with van der Waals surface area (Å²) < 4.78 is 30.8. The van der Waals surface area contributed by atoms with Gasteiger partial charge < -0.3 is 9.84 Å². The number of hydrogen-bond donors (Lipinski definition) is 1. The highest BCUT2D eigenvalue weighted by Crippen LogP contribution is 1.96. The average molecular weight is 228 g/mol. The molecule has 0 radical (unpaired) electrons. The number of aliphatic hydroxyl groups excluding tert-OH is 1. The molecular formula is C7H16O6S. The summed E-state index contributed by atoms with van der Waals surface area (Å²) in [6.45, 7) is 2.05. The molecule has 0 spiro atoms. The SMILES string of the molecule is CCCS(=O)(=O)OOCCOCCO. The van der Waals surface area contributed by atoms with Crippen LogP contribution in [0, 0.1) is 0 Å². The molecule has 0 heterocycles. The van der Waals surface area contributed by atoms with Gasteiger partial charge in [-0.05, 0) is 6.42 Å². The van der Waals surface area contributed by atoms with Crippen molar-refractivity contribution >= 4 is 10.1 Å². The van der Waals surface area contributed by atoms with Crippen LogP contribution in [-0.4, -0.2) is 45.7 Å². The average Bonchev–Trinajstić information content (AvgIpc) is 2.11. The first-order valence-electron chi connectivity index (χ1n) is 4.34. The molecule has 6 nitrogen and oxygen atoms in total. The topological polar surface area (TPSA) is 82.1 Å². The lowest BCUT2D eigenvalue weighted by molar-refractivity contribution is -0.210. The Hall–Kier alpha value is -0.210. The maximum atomic E-state index is 10.9. The highest BCUT2D eigenvalue weighted by Gasteiger charge is 2.09. The van der Waals surface area contributed by atoms with Gasteiger partial charge in [0.15, 0.2) is 0 Å². The van der Waals surface area contributed by atoms with Crippen LogP contribution in [0.25, 0.3) is 0 Å². The third kappa shape index (κ3) is 8.39. The van der Waals surface area contributed by atoms with E-state index in [0.29, 0.717) is 6.42 Å². The van der Waals surface area contributed by atoms with Crippen molar-refractivity contribution < 1.29 is 27.5 Å². The zero-order valence-electron chi connectivity index (χ0n) is 8.14. The lowest BCUT2D eigenvalue weighted by Gasteiger charge is -2.03. The van der Waals surface area contributed by atoms with Crippen molar-refractivity contribution in [3.8, 4) is 0 Å². The van der Waals surface area contributed by atoms with Crippen molar-refractivity contribution in [2.75, 3.05) is 32.2 Å². The molecule has 86 valence electrons. The van der Waals surface area contributed by atoms with Gasteiger partial charge in [-0.3, -0.25) is 0 Å². The molecular weight excluding hydrogens is 212 g/mol. The van der Waals surface area contributed by atoms with Gasteiger partial charge >= 0.3 is 0 Å². The predicted octanol–water partition coefficient (Wildman–Crippen LogP) is -0.317. The Balaban J connectivity index is 3.35. The molecule has 0 aliphatic heterocycles. The van der Waals surface area contributed by atoms with Crippen LogP contribution in [0.15, 0.2) is 0 Å². The Morgan fingerprint density at radius 2 is 1.93 bits per heavy atom. The Labute approximate surface area is 83.8 Å². The maximum absolute atomic E-state index is 10.9. The van der Waals surface area contributed by atoms with E-state index in [1.54, 1.807) is 6.92 Å². The van der Waals surface area contributed by atoms with Crippen LogP contribution >= 0.6 is 0 Å². The standard InChI is InChI=1S/C7H16O6S/c1-2-7-14(9,10)13-12-6-5-11-4-3-8/h8H,2-7H2,1H3. The normalized spacial score (nSPS) is 11.9. The van der Waals surface area contributed by atoms with E-state index in [-0.39, 0.29) is 32.2 Å². The molecule has 0 atom stereocenters. The highest BCUT2D eigenvalue weighted by molar-refractivity contribution is 7.86. The van der Waals surface area contributed by atoms with Crippen LogP contribution in [0.1, 0.15) is 13.3 Å². The fraction of sp³-hybridized carbons (Fsp3) is 1.00. The van der Waals surface area contributed by atoms with E-state index < -0.39 is 10.1 Å². The summed E-state index contributed by atoms with van der Waals surface area (Å²) in [4.78, 5) is 4.40. The lowest BCUT2D eigenvalue weighted by atomic mass is 10.6. The molecule has 0 amide bonds. The summed E-state index contributed by atoms with van der Waals surface area (Å²) in [5.41, 5.74) is 0. The quantitative estimate of drug-likeness (QED) is 0.331. The molecule has 0 aliphatic rings. The van der Waals surface area contributed by atoms with Gasteiger partial charge in [0.2, 0.25) is 0 Å². The molecule has 0 unspecified atom stereocenters. The predicted molar refractivity (Wildman–Crippen MR) is 49.0 cm³/mol. The number of rotatable bonds is 9. The summed E-state index contributed by atoms with van der Waals surface area (Å²) in [5, 5.41) is 8.33. The van der Waals surface area contributed by atoms with Crippen LogP contribution in [-0.2, 0) is 24.1 Å². The number of ether oxygens (including phenoxy) is 1. The zero-order chi connectivity index (χ0) is 10.9. The van der Waals surface area contributed by atoms with E-state index >= 15 is 0 Å². The first-order valence-corrected chi connectivity index (χ1v) is 5.92. The van der Waals surface area contributed by atoms with E-state index in [2.05, 4.69) is 9.22 Å². The van der Waals surface area contributed by atoms with Crippen molar-refractivity contribution in [3.05, 3.63) is 0 Å². The molecule has 0 aromatic rings. The third-order valence-electron chi connectivity index (χ3n) is 1.15. The summed E-state index contributed by atoms with van der Waals surface area (Å²) in [6, 6.07) is 0. The molecule has 0 bridgehead atoms. The number of aliphatic hydroxyl groups is 1. The lowest BCUT2D eigenvalue weighted by Crippen LogP contribution is -2.13. The van der Waals surface area contributed by atoms with E-state index in [4.69, 9.17) is 9.84 Å². The van der Waals surface area contributed by atoms with Gasteiger partial charge in [0.05, 0.1) is 25.6 Å². The summed E-state index contributed by atoms with van der Waals surface area (Å²) in [7, 11) is -3.55. The highest BCUT2D eigenvalue weighted by atomic mass is 32.2. The van der Waals surface area contributed by atoms with Gasteiger partial charge in [-0.25, -0.2) is 4.89 Å². The second-order valence-corrected chi connectivity index (χ2v) is 4.15. The molecule has 0 aromatic carbocycles. The first kappa shape index (κ1) is 13.8. The fourth-order valence-electron chi connectivity index (χ4n) is 0.651. The minimum atomic E-state index is -3.55. The smallest absolute Gasteiger partial charge is 0.293 e. The fourth-order valence-corrected chi connectivity index (χ4v) is 1.43. The summed E-state index contributed by atoms with van der Waals surface area (Å²) >= 11 is 0. The Morgan fingerprint density at radius 1 is 1.21 bits per heavy atom. The van der Waals surface area contributed by atoms with Crippen molar-refractivity contribution in [2.24, 2.45) is 0 Å².